The van der Waals surface area contributed by atoms with Gasteiger partial charge in [0, 0.05) is 0 Å². The van der Waals surface area contributed by atoms with E-state index >= 15 is 0 Å². The lowest BCUT2D eigenvalue weighted by atomic mass is 9.81. The minimum absolute atomic E-state index is 0.429. The molecular formula is C9H15F. The van der Waals surface area contributed by atoms with Gasteiger partial charge in [-0.3, -0.25) is 0 Å². The SMILES string of the molecule is C[C@@]1(F)CC1CC1CCC1. The van der Waals surface area contributed by atoms with Crippen molar-refractivity contribution in [1.82, 2.24) is 0 Å². The summed E-state index contributed by atoms with van der Waals surface area (Å²) in [6, 6.07) is 0. The summed E-state index contributed by atoms with van der Waals surface area (Å²) in [6.45, 7) is 1.75. The molecule has 2 aliphatic carbocycles. The predicted molar refractivity (Wildman–Crippen MR) is 39.6 cm³/mol. The molecule has 0 heterocycles. The molecule has 2 aliphatic rings. The van der Waals surface area contributed by atoms with E-state index in [1.54, 1.807) is 6.92 Å². The lowest BCUT2D eigenvalue weighted by Gasteiger charge is -2.25. The van der Waals surface area contributed by atoms with Crippen LogP contribution in [0.1, 0.15) is 39.0 Å². The number of hydrogen-bond acceptors (Lipinski definition) is 0. The molecule has 0 bridgehead atoms. The summed E-state index contributed by atoms with van der Waals surface area (Å²) < 4.78 is 13.0. The molecule has 0 aromatic heterocycles. The molecule has 58 valence electrons. The molecule has 0 aromatic carbocycles. The summed E-state index contributed by atoms with van der Waals surface area (Å²) in [5.74, 6) is 1.32. The Morgan fingerprint density at radius 3 is 2.40 bits per heavy atom. The van der Waals surface area contributed by atoms with Crippen molar-refractivity contribution in [3.8, 4) is 0 Å². The van der Waals surface area contributed by atoms with Gasteiger partial charge in [0.05, 0.1) is 0 Å². The Morgan fingerprint density at radius 1 is 1.50 bits per heavy atom. The fourth-order valence-corrected chi connectivity index (χ4v) is 1.88. The molecule has 0 radical (unpaired) electrons. The van der Waals surface area contributed by atoms with E-state index in [9.17, 15) is 4.39 Å². The lowest BCUT2D eigenvalue weighted by Crippen LogP contribution is -2.13. The molecule has 0 N–H and O–H groups in total. The van der Waals surface area contributed by atoms with Crippen LogP contribution in [0.5, 0.6) is 0 Å². The summed E-state index contributed by atoms with van der Waals surface area (Å²) in [5.41, 5.74) is -0.768. The van der Waals surface area contributed by atoms with Gasteiger partial charge in [0.15, 0.2) is 0 Å². The third-order valence-corrected chi connectivity index (χ3v) is 3.18. The van der Waals surface area contributed by atoms with Crippen LogP contribution >= 0.6 is 0 Å². The van der Waals surface area contributed by atoms with Crippen LogP contribution in [0.25, 0.3) is 0 Å². The molecule has 0 aliphatic heterocycles. The van der Waals surface area contributed by atoms with Crippen LogP contribution in [0.3, 0.4) is 0 Å². The smallest absolute Gasteiger partial charge is 0.111 e. The zero-order valence-corrected chi connectivity index (χ0v) is 6.57. The Hall–Kier alpha value is -0.0700. The van der Waals surface area contributed by atoms with Crippen molar-refractivity contribution in [2.24, 2.45) is 11.8 Å². The molecule has 1 unspecified atom stereocenters. The molecule has 0 amide bonds. The van der Waals surface area contributed by atoms with Crippen molar-refractivity contribution in [2.75, 3.05) is 0 Å². The third-order valence-electron chi connectivity index (χ3n) is 3.18. The molecule has 0 aromatic rings. The average Bonchev–Trinajstić information content (AvgIpc) is 2.29. The van der Waals surface area contributed by atoms with E-state index in [4.69, 9.17) is 0 Å². The minimum Gasteiger partial charge on any atom is -0.244 e. The first-order valence-corrected chi connectivity index (χ1v) is 4.37. The average molecular weight is 142 g/mol. The highest BCUT2D eigenvalue weighted by Crippen LogP contribution is 2.52. The topological polar surface area (TPSA) is 0 Å². The Morgan fingerprint density at radius 2 is 2.10 bits per heavy atom. The Bertz CT molecular complexity index is 136. The molecule has 1 heteroatoms. The second-order valence-corrected chi connectivity index (χ2v) is 4.21. The van der Waals surface area contributed by atoms with Crippen LogP contribution in [0.2, 0.25) is 0 Å². The highest BCUT2D eigenvalue weighted by Gasteiger charge is 2.51. The quantitative estimate of drug-likeness (QED) is 0.556. The number of halogens is 1. The van der Waals surface area contributed by atoms with Crippen molar-refractivity contribution >= 4 is 0 Å². The van der Waals surface area contributed by atoms with Gasteiger partial charge < -0.3 is 0 Å². The van der Waals surface area contributed by atoms with Gasteiger partial charge in [-0.2, -0.15) is 0 Å². The van der Waals surface area contributed by atoms with E-state index in [0.717, 1.165) is 12.3 Å². The van der Waals surface area contributed by atoms with Gasteiger partial charge in [-0.15, -0.1) is 0 Å². The summed E-state index contributed by atoms with van der Waals surface area (Å²) in [6.07, 6.45) is 6.13. The van der Waals surface area contributed by atoms with E-state index in [-0.39, 0.29) is 0 Å². The van der Waals surface area contributed by atoms with Gasteiger partial charge >= 0.3 is 0 Å². The Kier molecular flexibility index (Phi) is 1.30. The van der Waals surface area contributed by atoms with Crippen LogP contribution in [0, 0.1) is 11.8 Å². The summed E-state index contributed by atoms with van der Waals surface area (Å²) in [7, 11) is 0. The zero-order valence-electron chi connectivity index (χ0n) is 6.57. The van der Waals surface area contributed by atoms with Gasteiger partial charge in [0.1, 0.15) is 5.67 Å². The van der Waals surface area contributed by atoms with Crippen molar-refractivity contribution in [1.29, 1.82) is 0 Å². The number of rotatable bonds is 2. The number of alkyl halides is 1. The first-order valence-electron chi connectivity index (χ1n) is 4.37. The second kappa shape index (κ2) is 1.96. The van der Waals surface area contributed by atoms with Crippen LogP contribution in [-0.2, 0) is 0 Å². The van der Waals surface area contributed by atoms with Crippen molar-refractivity contribution in [2.45, 2.75) is 44.7 Å². The molecule has 2 saturated carbocycles. The maximum Gasteiger partial charge on any atom is 0.111 e. The molecule has 2 rings (SSSR count). The van der Waals surface area contributed by atoms with Crippen molar-refractivity contribution < 1.29 is 4.39 Å². The largest absolute Gasteiger partial charge is 0.244 e. The van der Waals surface area contributed by atoms with Gasteiger partial charge in [0.2, 0.25) is 0 Å². The first-order chi connectivity index (χ1) is 4.68. The fourth-order valence-electron chi connectivity index (χ4n) is 1.88. The first kappa shape index (κ1) is 6.63. The van der Waals surface area contributed by atoms with Crippen LogP contribution in [0.4, 0.5) is 4.39 Å². The highest BCUT2D eigenvalue weighted by molar-refractivity contribution is 5.01. The Balaban J connectivity index is 1.73. The molecule has 0 nitrogen and oxygen atoms in total. The van der Waals surface area contributed by atoms with Crippen molar-refractivity contribution in [3.05, 3.63) is 0 Å². The summed E-state index contributed by atoms with van der Waals surface area (Å²) in [5, 5.41) is 0. The predicted octanol–water partition coefficient (Wildman–Crippen LogP) is 2.92. The van der Waals surface area contributed by atoms with E-state index < -0.39 is 5.67 Å². The monoisotopic (exact) mass is 142 g/mol. The Labute approximate surface area is 61.8 Å². The minimum atomic E-state index is -0.768. The number of hydrogen-bond donors (Lipinski definition) is 0. The van der Waals surface area contributed by atoms with Crippen LogP contribution < -0.4 is 0 Å². The van der Waals surface area contributed by atoms with Gasteiger partial charge in [0.25, 0.3) is 0 Å². The molecule has 10 heavy (non-hydrogen) atoms. The van der Waals surface area contributed by atoms with Crippen molar-refractivity contribution in [3.63, 3.8) is 0 Å². The molecular weight excluding hydrogens is 127 g/mol. The van der Waals surface area contributed by atoms with E-state index in [0.29, 0.717) is 5.92 Å². The summed E-state index contributed by atoms with van der Waals surface area (Å²) >= 11 is 0. The maximum absolute atomic E-state index is 13.0. The highest BCUT2D eigenvalue weighted by atomic mass is 19.1. The van der Waals surface area contributed by atoms with Gasteiger partial charge in [-0.1, -0.05) is 19.3 Å². The maximum atomic E-state index is 13.0. The lowest BCUT2D eigenvalue weighted by molar-refractivity contribution is 0.239. The van der Waals surface area contributed by atoms with Gasteiger partial charge in [-0.05, 0) is 31.6 Å². The van der Waals surface area contributed by atoms with Crippen LogP contribution in [0.15, 0.2) is 0 Å². The van der Waals surface area contributed by atoms with E-state index in [1.807, 2.05) is 0 Å². The van der Waals surface area contributed by atoms with E-state index in [1.165, 1.54) is 25.7 Å². The molecule has 0 saturated heterocycles. The molecule has 2 fully saturated rings. The van der Waals surface area contributed by atoms with Gasteiger partial charge in [-0.25, -0.2) is 4.39 Å². The summed E-state index contributed by atoms with van der Waals surface area (Å²) in [4.78, 5) is 0. The van der Waals surface area contributed by atoms with E-state index in [2.05, 4.69) is 0 Å². The normalized spacial score (nSPS) is 46.8. The fraction of sp³-hybridized carbons (Fsp3) is 1.00. The molecule has 0 spiro atoms. The second-order valence-electron chi connectivity index (χ2n) is 4.21. The zero-order chi connectivity index (χ0) is 7.19. The van der Waals surface area contributed by atoms with Crippen LogP contribution in [-0.4, -0.2) is 5.67 Å². The third kappa shape index (κ3) is 1.06. The standard InChI is InChI=1S/C9H15F/c1-9(10)6-8(9)5-7-3-2-4-7/h7-8H,2-6H2,1H3/t8?,9-/m1/s1. The molecule has 2 atom stereocenters.